The number of rotatable bonds is 0. The molecule has 0 atom stereocenters. The summed E-state index contributed by atoms with van der Waals surface area (Å²) in [4.78, 5) is 11.6. The number of halogens is 8. The first kappa shape index (κ1) is 70.9. The summed E-state index contributed by atoms with van der Waals surface area (Å²) >= 11 is 81.6. The van der Waals surface area contributed by atoms with Crippen molar-refractivity contribution in [1.82, 2.24) is 39.7 Å². The molecule has 0 saturated heterocycles. The molecule has 0 aliphatic heterocycles. The summed E-state index contributed by atoms with van der Waals surface area (Å²) in [6.45, 7) is 0. The van der Waals surface area contributed by atoms with Crippen LogP contribution in [-0.2, 0) is 249 Å². The Bertz CT molecular complexity index is 3040. The second-order valence-electron chi connectivity index (χ2n) is 7.84. The van der Waals surface area contributed by atoms with Gasteiger partial charge in [-0.25, -0.2) is 9.97 Å². The third-order valence-corrected chi connectivity index (χ3v) is 38.2. The zero-order chi connectivity index (χ0) is 49.1. The number of fused-ring (bicyclic) bond motifs is 2. The van der Waals surface area contributed by atoms with Crippen LogP contribution in [0.4, 0.5) is 0 Å². The van der Waals surface area contributed by atoms with E-state index in [0.29, 0.717) is 25.1 Å². The molecule has 0 bridgehead atoms. The highest BCUT2D eigenvalue weighted by molar-refractivity contribution is 8.70. The van der Waals surface area contributed by atoms with Crippen LogP contribution in [0.3, 0.4) is 0 Å². The van der Waals surface area contributed by atoms with Crippen LogP contribution in [-0.4, -0.2) is 39.7 Å². The molecule has 43 heteroatoms. The summed E-state index contributed by atoms with van der Waals surface area (Å²) in [5, 5.41) is 18.2. The van der Waals surface area contributed by atoms with Crippen LogP contribution in [0.25, 0.3) is 21.8 Å². The van der Waals surface area contributed by atoms with E-state index in [1.54, 1.807) is 74.3 Å². The van der Waals surface area contributed by atoms with E-state index in [9.17, 15) is 0 Å². The van der Waals surface area contributed by atoms with Gasteiger partial charge < -0.3 is 0 Å². The SMILES string of the molecule is Clc1ccc(Cl)nn1.Clc1nc2ccccc2nc1Cl.Clc1nnc(Cl)c2ccccc12.Clc1nsc(Cl)n1.S=S=S=S=S.S=S=S=S=S=S.S=S=S=S=S=S=S.S=S=S=S=S=S=S=S. The van der Waals surface area contributed by atoms with Crippen molar-refractivity contribution in [2.75, 3.05) is 0 Å². The van der Waals surface area contributed by atoms with Gasteiger partial charge in [0.15, 0.2) is 30.9 Å². The van der Waals surface area contributed by atoms with E-state index in [1.807, 2.05) is 48.5 Å². The standard InChI is InChI=1S/2C8H4Cl2N2.C4H2Cl2N2.C2Cl2N2S.S8.S7.S6.S5/c9-7-8(10)12-6-4-2-1-3-5(6)11-7;9-7-5-3-1-2-4-6(5)8(10)12-11-7;5-3-1-2-4(6)8-7-3;3-1-5-2(4)7-6-1;1-3-5-7-8-6-4-2;1-3-5-7-6-4-2;1-3-5-6-4-2;1-3-5-4-2/h2*1-4H;1-2H;;;;;. The molecule has 4 heterocycles. The number of hydrogen-bond acceptors (Lipinski definition) is 17. The van der Waals surface area contributed by atoms with Crippen LogP contribution in [0.15, 0.2) is 60.7 Å². The second-order valence-corrected chi connectivity index (χ2v) is 43.6. The lowest BCUT2D eigenvalue weighted by Gasteiger charge is -1.98. The summed E-state index contributed by atoms with van der Waals surface area (Å²) in [6, 6.07) is 18.1. The minimum atomic E-state index is 0.218. The summed E-state index contributed by atoms with van der Waals surface area (Å²) in [5.74, 6) is 0. The van der Waals surface area contributed by atoms with Crippen LogP contribution in [0.2, 0.25) is 40.7 Å². The third kappa shape index (κ3) is 41.8. The van der Waals surface area contributed by atoms with Gasteiger partial charge >= 0.3 is 0 Å². The van der Waals surface area contributed by atoms with Crippen LogP contribution in [0, 0.1) is 0 Å². The minimum Gasteiger partial charge on any atom is -0.231 e. The van der Waals surface area contributed by atoms with Gasteiger partial charge in [0.25, 0.3) is 0 Å². The van der Waals surface area contributed by atoms with Crippen molar-refractivity contribution < 1.29 is 0 Å². The number of benzene rings is 2. The van der Waals surface area contributed by atoms with Gasteiger partial charge in [0.1, 0.15) is 0 Å². The molecule has 356 valence electrons. The van der Waals surface area contributed by atoms with Crippen LogP contribution < -0.4 is 0 Å². The van der Waals surface area contributed by atoms with E-state index < -0.39 is 0 Å². The molecule has 6 rings (SSSR count). The number of para-hydroxylation sites is 2. The minimum absolute atomic E-state index is 0.218. The summed E-state index contributed by atoms with van der Waals surface area (Å²) < 4.78 is 3.96. The Morgan fingerprint density at radius 1 is 0.354 bits per heavy atom. The van der Waals surface area contributed by atoms with Crippen molar-refractivity contribution >= 4 is 375 Å². The first-order valence-corrected chi connectivity index (χ1v) is 46.9. The van der Waals surface area contributed by atoms with Crippen molar-refractivity contribution in [2.45, 2.75) is 0 Å². The van der Waals surface area contributed by atoms with Crippen LogP contribution >= 0.6 is 104 Å². The molecule has 2 aromatic carbocycles. The molecule has 65 heavy (non-hydrogen) atoms. The fraction of sp³-hybridized carbons (Fsp3) is 0. The molecular weight excluding hydrogens is 1530 g/mol. The molecule has 0 radical (unpaired) electrons. The molecule has 0 N–H and O–H groups in total. The summed E-state index contributed by atoms with van der Waals surface area (Å²) in [6.07, 6.45) is 0. The zero-order valence-corrected chi connectivity index (χ0v) is 57.5. The van der Waals surface area contributed by atoms with E-state index >= 15 is 0 Å². The lowest BCUT2D eigenvalue weighted by molar-refractivity contribution is 1.03. The van der Waals surface area contributed by atoms with Gasteiger partial charge in [-0.15, -0.1) is 20.4 Å². The number of nitrogens with zero attached hydrogens (tertiary/aromatic N) is 8. The predicted octanol–water partition coefficient (Wildman–Crippen LogP) is 9.44. The maximum absolute atomic E-state index is 5.80. The molecule has 0 fully saturated rings. The Hall–Kier alpha value is 3.80. The quantitative estimate of drug-likeness (QED) is 0.144. The third-order valence-electron chi connectivity index (χ3n) is 4.45. The number of hydrogen-bond donors (Lipinski definition) is 0. The van der Waals surface area contributed by atoms with Gasteiger partial charge in [-0.1, -0.05) is 106 Å². The fourth-order valence-corrected chi connectivity index (χ4v) is 31.7. The Morgan fingerprint density at radius 3 is 0.938 bits per heavy atom. The first-order valence-electron chi connectivity index (χ1n) is 13.7. The maximum atomic E-state index is 5.80. The molecular formula is C22H10Cl8N8S27. The van der Waals surface area contributed by atoms with Gasteiger partial charge in [-0.3, -0.25) is 0 Å². The van der Waals surface area contributed by atoms with E-state index in [1.165, 1.54) is 97.7 Å². The molecule has 0 aliphatic rings. The lowest BCUT2D eigenvalue weighted by Crippen LogP contribution is -1.85. The molecule has 4 aromatic heterocycles. The van der Waals surface area contributed by atoms with Gasteiger partial charge in [0.2, 0.25) is 9.75 Å². The molecule has 0 unspecified atom stereocenters. The fourth-order valence-electron chi connectivity index (χ4n) is 2.60. The molecule has 8 nitrogen and oxygen atoms in total. The lowest BCUT2D eigenvalue weighted by atomic mass is 10.2. The average Bonchev–Trinajstić information content (AvgIpc) is 3.70. The predicted molar refractivity (Wildman–Crippen MR) is 353 cm³/mol. The van der Waals surface area contributed by atoms with Crippen molar-refractivity contribution in [3.63, 3.8) is 0 Å². The van der Waals surface area contributed by atoms with Crippen molar-refractivity contribution in [3.05, 3.63) is 101 Å². The Balaban J connectivity index is 0. The van der Waals surface area contributed by atoms with Gasteiger partial charge in [-0.05, 0) is 59.0 Å². The highest BCUT2D eigenvalue weighted by Gasteiger charge is 2.04. The smallest absolute Gasteiger partial charge is 0.231 e. The van der Waals surface area contributed by atoms with E-state index in [4.69, 9.17) is 92.8 Å². The van der Waals surface area contributed by atoms with Crippen molar-refractivity contribution in [3.8, 4) is 0 Å². The van der Waals surface area contributed by atoms with Crippen LogP contribution in [0.5, 0.6) is 0 Å². The topological polar surface area (TPSA) is 103 Å². The Morgan fingerprint density at radius 2 is 0.677 bits per heavy atom. The monoisotopic (exact) mass is 1530 g/mol. The Kier molecular flexibility index (Phi) is 55.9. The van der Waals surface area contributed by atoms with E-state index in [2.05, 4.69) is 129 Å². The zero-order valence-electron chi connectivity index (χ0n) is 29.4. The second kappa shape index (κ2) is 51.3. The van der Waals surface area contributed by atoms with Crippen molar-refractivity contribution in [1.29, 1.82) is 0 Å². The highest BCUT2D eigenvalue weighted by atomic mass is 35.5. The average molecular weight is 1540 g/mol. The first-order chi connectivity index (χ1) is 31.3. The number of aromatic nitrogens is 8. The van der Waals surface area contributed by atoms with Crippen molar-refractivity contribution in [2.24, 2.45) is 0 Å². The molecule has 6 aromatic rings. The maximum Gasteiger partial charge on any atom is 0.235 e. The van der Waals surface area contributed by atoms with Gasteiger partial charge in [-0.2, -0.15) is 9.36 Å². The Labute approximate surface area is 506 Å². The van der Waals surface area contributed by atoms with E-state index in [0.717, 1.165) is 33.3 Å². The summed E-state index contributed by atoms with van der Waals surface area (Å²) in [5.41, 5.74) is 1.51. The molecule has 0 aliphatic carbocycles. The van der Waals surface area contributed by atoms with Gasteiger partial charge in [0.05, 0.1) is 11.0 Å². The molecule has 0 spiro atoms. The van der Waals surface area contributed by atoms with E-state index in [-0.39, 0.29) is 15.6 Å². The summed E-state index contributed by atoms with van der Waals surface area (Å²) in [7, 11) is 26.1. The largest absolute Gasteiger partial charge is 0.235 e. The normalized spacial score (nSPS) is 8.49. The van der Waals surface area contributed by atoms with Gasteiger partial charge in [0, 0.05) is 260 Å². The molecule has 0 saturated carbocycles. The molecule has 0 amide bonds. The highest BCUT2D eigenvalue weighted by Crippen LogP contribution is 2.25. The van der Waals surface area contributed by atoms with Crippen LogP contribution in [0.1, 0.15) is 0 Å².